The second-order valence-corrected chi connectivity index (χ2v) is 5.50. The summed E-state index contributed by atoms with van der Waals surface area (Å²) in [7, 11) is 0. The van der Waals surface area contributed by atoms with Gasteiger partial charge in [0.15, 0.2) is 0 Å². The van der Waals surface area contributed by atoms with E-state index < -0.39 is 79.4 Å². The number of carbonyl (C=O) groups is 7. The van der Waals surface area contributed by atoms with E-state index >= 15 is 0 Å². The summed E-state index contributed by atoms with van der Waals surface area (Å²) in [5, 5.41) is 17.1. The van der Waals surface area contributed by atoms with Gasteiger partial charge in [0.25, 0.3) is 0 Å². The Morgan fingerprint density at radius 3 is 1.46 bits per heavy atom. The van der Waals surface area contributed by atoms with E-state index in [4.69, 9.17) is 21.7 Å². The summed E-state index contributed by atoms with van der Waals surface area (Å²) in [6.45, 7) is 0. The van der Waals surface area contributed by atoms with Gasteiger partial charge in [-0.1, -0.05) is 0 Å². The lowest BCUT2D eigenvalue weighted by Gasteiger charge is -2.06. The van der Waals surface area contributed by atoms with E-state index in [1.807, 2.05) is 0 Å². The minimum absolute atomic E-state index is 0.264. The normalized spacial score (nSPS) is 12.4. The number of aliphatic carboxylic acids is 2. The van der Waals surface area contributed by atoms with E-state index in [-0.39, 0.29) is 12.8 Å². The Balaban J connectivity index is 4.17. The molecular formula is C15H20N2O11. The SMILES string of the molecule is N[C@@H](CCC(=O)OC(=O)CCC(=O)C(=O)OC(=O)CC[C@H](N)C(=O)O)C(=O)O. The molecule has 0 amide bonds. The number of ether oxygens (including phenoxy) is 2. The van der Waals surface area contributed by atoms with Crippen molar-refractivity contribution in [3.05, 3.63) is 0 Å². The molecule has 0 aromatic heterocycles. The molecule has 0 aliphatic heterocycles. The number of esters is 4. The van der Waals surface area contributed by atoms with Gasteiger partial charge in [0, 0.05) is 19.3 Å². The summed E-state index contributed by atoms with van der Waals surface area (Å²) >= 11 is 0. The van der Waals surface area contributed by atoms with Gasteiger partial charge in [-0.2, -0.15) is 0 Å². The summed E-state index contributed by atoms with van der Waals surface area (Å²) in [5.74, 6) is -8.84. The molecule has 0 unspecified atom stereocenters. The summed E-state index contributed by atoms with van der Waals surface area (Å²) in [5.41, 5.74) is 10.3. The van der Waals surface area contributed by atoms with Gasteiger partial charge in [-0.15, -0.1) is 0 Å². The molecule has 13 nitrogen and oxygen atoms in total. The van der Waals surface area contributed by atoms with Crippen LogP contribution in [0.4, 0.5) is 0 Å². The molecule has 28 heavy (non-hydrogen) atoms. The number of nitrogens with two attached hydrogens (primary N) is 2. The zero-order valence-electron chi connectivity index (χ0n) is 14.6. The van der Waals surface area contributed by atoms with Crippen molar-refractivity contribution >= 4 is 41.6 Å². The third-order valence-corrected chi connectivity index (χ3v) is 3.17. The fourth-order valence-corrected chi connectivity index (χ4v) is 1.55. The maximum atomic E-state index is 11.5. The number of hydrogen-bond donors (Lipinski definition) is 4. The van der Waals surface area contributed by atoms with Crippen LogP contribution < -0.4 is 11.5 Å². The summed E-state index contributed by atoms with van der Waals surface area (Å²) < 4.78 is 8.49. The Kier molecular flexibility index (Phi) is 10.8. The average Bonchev–Trinajstić information content (AvgIpc) is 2.61. The first kappa shape index (κ1) is 24.8. The Labute approximate surface area is 157 Å². The predicted octanol–water partition coefficient (Wildman–Crippen LogP) is -2.14. The molecular weight excluding hydrogens is 384 g/mol. The van der Waals surface area contributed by atoms with Crippen molar-refractivity contribution in [2.75, 3.05) is 0 Å². The van der Waals surface area contributed by atoms with Crippen LogP contribution in [0.25, 0.3) is 0 Å². The minimum Gasteiger partial charge on any atom is -0.480 e. The van der Waals surface area contributed by atoms with Crippen LogP contribution in [0, 0.1) is 0 Å². The average molecular weight is 404 g/mol. The molecule has 0 saturated carbocycles. The van der Waals surface area contributed by atoms with E-state index in [2.05, 4.69) is 9.47 Å². The topological polar surface area (TPSA) is 230 Å². The highest BCUT2D eigenvalue weighted by Gasteiger charge is 2.23. The summed E-state index contributed by atoms with van der Waals surface area (Å²) in [6.07, 6.45) is -2.90. The van der Waals surface area contributed by atoms with Crippen LogP contribution in [0.1, 0.15) is 38.5 Å². The monoisotopic (exact) mass is 404 g/mol. The number of hydrogen-bond acceptors (Lipinski definition) is 11. The molecule has 0 rings (SSSR count). The largest absolute Gasteiger partial charge is 0.480 e. The standard InChI is InChI=1S/C15H20N2O11/c16-7(13(22)23)1-4-10(19)27-11(20)6-3-9(18)15(26)28-12(21)5-2-8(17)14(24)25/h7-8H,1-6,16-17H2,(H,22,23)(H,24,25)/t7-,8-/m0/s1. The van der Waals surface area contributed by atoms with Crippen molar-refractivity contribution in [1.29, 1.82) is 0 Å². The molecule has 0 aromatic rings. The molecule has 6 N–H and O–H groups in total. The highest BCUT2D eigenvalue weighted by molar-refractivity contribution is 6.35. The van der Waals surface area contributed by atoms with Gasteiger partial charge in [0.2, 0.25) is 5.78 Å². The summed E-state index contributed by atoms with van der Waals surface area (Å²) in [4.78, 5) is 77.8. The van der Waals surface area contributed by atoms with Crippen molar-refractivity contribution in [2.24, 2.45) is 11.5 Å². The predicted molar refractivity (Wildman–Crippen MR) is 86.1 cm³/mol. The number of carboxylic acids is 2. The maximum Gasteiger partial charge on any atom is 0.382 e. The van der Waals surface area contributed by atoms with E-state index in [9.17, 15) is 33.6 Å². The fraction of sp³-hybridized carbons (Fsp3) is 0.533. The van der Waals surface area contributed by atoms with Crippen molar-refractivity contribution in [3.63, 3.8) is 0 Å². The van der Waals surface area contributed by atoms with Crippen LogP contribution >= 0.6 is 0 Å². The second-order valence-electron chi connectivity index (χ2n) is 5.50. The molecule has 13 heteroatoms. The highest BCUT2D eigenvalue weighted by Crippen LogP contribution is 2.03. The number of ketones is 1. The first-order valence-corrected chi connectivity index (χ1v) is 7.92. The molecule has 2 atom stereocenters. The quantitative estimate of drug-likeness (QED) is 0.155. The van der Waals surface area contributed by atoms with Gasteiger partial charge in [-0.25, -0.2) is 4.79 Å². The Hall–Kier alpha value is -3.19. The fourth-order valence-electron chi connectivity index (χ4n) is 1.55. The molecule has 0 fully saturated rings. The van der Waals surface area contributed by atoms with Crippen LogP contribution in [0.2, 0.25) is 0 Å². The van der Waals surface area contributed by atoms with Gasteiger partial charge in [0.05, 0.1) is 6.42 Å². The summed E-state index contributed by atoms with van der Waals surface area (Å²) in [6, 6.07) is -2.64. The van der Waals surface area contributed by atoms with Crippen LogP contribution in [0.5, 0.6) is 0 Å². The van der Waals surface area contributed by atoms with Gasteiger partial charge < -0.3 is 31.2 Å². The van der Waals surface area contributed by atoms with E-state index in [1.54, 1.807) is 0 Å². The molecule has 0 spiro atoms. The molecule has 0 aliphatic rings. The number of carboxylic acid groups (broad SMARTS) is 2. The Bertz CT molecular complexity index is 658. The van der Waals surface area contributed by atoms with Crippen molar-refractivity contribution in [2.45, 2.75) is 50.6 Å². The minimum atomic E-state index is -1.56. The van der Waals surface area contributed by atoms with Crippen LogP contribution in [0.15, 0.2) is 0 Å². The van der Waals surface area contributed by atoms with Crippen LogP contribution in [-0.2, 0) is 43.0 Å². The second kappa shape index (κ2) is 12.2. The number of Topliss-reactive ketones (excluding diaryl/α,β-unsaturated/α-hetero) is 1. The van der Waals surface area contributed by atoms with Crippen molar-refractivity contribution < 1.29 is 53.2 Å². The van der Waals surface area contributed by atoms with E-state index in [0.29, 0.717) is 0 Å². The lowest BCUT2D eigenvalue weighted by atomic mass is 10.2. The van der Waals surface area contributed by atoms with Crippen LogP contribution in [-0.4, -0.2) is 63.9 Å². The lowest BCUT2D eigenvalue weighted by Crippen LogP contribution is -2.31. The molecule has 0 heterocycles. The maximum absolute atomic E-state index is 11.5. The van der Waals surface area contributed by atoms with Gasteiger partial charge in [-0.3, -0.25) is 28.8 Å². The molecule has 156 valence electrons. The molecule has 0 aliphatic carbocycles. The third-order valence-electron chi connectivity index (χ3n) is 3.17. The van der Waals surface area contributed by atoms with Gasteiger partial charge >= 0.3 is 35.8 Å². The van der Waals surface area contributed by atoms with Gasteiger partial charge in [-0.05, 0) is 12.8 Å². The Morgan fingerprint density at radius 2 is 1.04 bits per heavy atom. The number of carbonyl (C=O) groups excluding carboxylic acids is 5. The van der Waals surface area contributed by atoms with E-state index in [0.717, 1.165) is 0 Å². The molecule has 0 bridgehead atoms. The van der Waals surface area contributed by atoms with Crippen molar-refractivity contribution in [1.82, 2.24) is 0 Å². The van der Waals surface area contributed by atoms with Crippen molar-refractivity contribution in [3.8, 4) is 0 Å². The van der Waals surface area contributed by atoms with E-state index in [1.165, 1.54) is 0 Å². The molecule has 0 aromatic carbocycles. The smallest absolute Gasteiger partial charge is 0.382 e. The Morgan fingerprint density at radius 1 is 0.643 bits per heavy atom. The third kappa shape index (κ3) is 10.7. The van der Waals surface area contributed by atoms with Gasteiger partial charge in [0.1, 0.15) is 12.1 Å². The molecule has 0 radical (unpaired) electrons. The number of rotatable bonds is 12. The highest BCUT2D eigenvalue weighted by atomic mass is 16.6. The first-order valence-electron chi connectivity index (χ1n) is 7.92. The first-order chi connectivity index (χ1) is 12.9. The lowest BCUT2D eigenvalue weighted by molar-refractivity contribution is -0.164. The zero-order valence-corrected chi connectivity index (χ0v) is 14.6. The zero-order chi connectivity index (χ0) is 21.9. The van der Waals surface area contributed by atoms with Crippen LogP contribution in [0.3, 0.4) is 0 Å². The molecule has 0 saturated heterocycles.